The van der Waals surface area contributed by atoms with Crippen molar-refractivity contribution in [2.45, 2.75) is 44.1 Å². The molecule has 22 heavy (non-hydrogen) atoms. The van der Waals surface area contributed by atoms with Crippen molar-refractivity contribution in [1.29, 1.82) is 0 Å². The van der Waals surface area contributed by atoms with Crippen molar-refractivity contribution in [3.63, 3.8) is 0 Å². The number of hydrogen-bond acceptors (Lipinski definition) is 3. The summed E-state index contributed by atoms with van der Waals surface area (Å²) in [4.78, 5) is 24.0. The van der Waals surface area contributed by atoms with Gasteiger partial charge in [0.05, 0.1) is 5.41 Å². The van der Waals surface area contributed by atoms with Gasteiger partial charge in [-0.2, -0.15) is 0 Å². The predicted octanol–water partition coefficient (Wildman–Crippen LogP) is 1.89. The van der Waals surface area contributed by atoms with E-state index in [-0.39, 0.29) is 12.3 Å². The fraction of sp³-hybridized carbons (Fsp3) is 0.529. The number of carboxylic acids is 1. The monoisotopic (exact) mass is 305 g/mol. The van der Waals surface area contributed by atoms with Crippen molar-refractivity contribution in [1.82, 2.24) is 5.32 Å². The Balaban J connectivity index is 2.19. The molecule has 5 heteroatoms. The average Bonchev–Trinajstić information content (AvgIpc) is 2.51. The quantitative estimate of drug-likeness (QED) is 0.841. The lowest BCUT2D eigenvalue weighted by atomic mass is 9.70. The number of benzene rings is 1. The number of aliphatic carboxylic acids is 1. The molecule has 0 aromatic heterocycles. The fourth-order valence-electron chi connectivity index (χ4n) is 3.09. The standard InChI is InChI=1S/C17H23NO4/c1-17(10-5-7-12-6-3-4-8-13(12)17)16(21)18-14(15(19)20)9-11-22-2/h3-4,6,8,14H,5,7,9-11H2,1-2H3,(H,18,21)(H,19,20). The molecule has 1 aliphatic carbocycles. The molecule has 0 radical (unpaired) electrons. The number of ether oxygens (including phenoxy) is 1. The van der Waals surface area contributed by atoms with Crippen LogP contribution in [0.15, 0.2) is 24.3 Å². The molecule has 0 spiro atoms. The highest BCUT2D eigenvalue weighted by Crippen LogP contribution is 2.37. The average molecular weight is 305 g/mol. The second-order valence-corrected chi connectivity index (χ2v) is 5.99. The fourth-order valence-corrected chi connectivity index (χ4v) is 3.09. The summed E-state index contributed by atoms with van der Waals surface area (Å²) in [5.74, 6) is -1.25. The van der Waals surface area contributed by atoms with Crippen molar-refractivity contribution in [2.75, 3.05) is 13.7 Å². The molecule has 5 nitrogen and oxygen atoms in total. The first-order valence-corrected chi connectivity index (χ1v) is 7.60. The molecule has 2 atom stereocenters. The van der Waals surface area contributed by atoms with E-state index < -0.39 is 17.4 Å². The van der Waals surface area contributed by atoms with Gasteiger partial charge in [-0.3, -0.25) is 4.79 Å². The van der Waals surface area contributed by atoms with E-state index in [1.54, 1.807) is 0 Å². The second kappa shape index (κ2) is 6.92. The van der Waals surface area contributed by atoms with Crippen molar-refractivity contribution in [3.8, 4) is 0 Å². The molecule has 2 N–H and O–H groups in total. The van der Waals surface area contributed by atoms with Crippen LogP contribution in [0.4, 0.5) is 0 Å². The van der Waals surface area contributed by atoms with E-state index in [0.717, 1.165) is 24.8 Å². The Morgan fingerprint density at radius 2 is 2.14 bits per heavy atom. The minimum Gasteiger partial charge on any atom is -0.480 e. The maximum atomic E-state index is 12.7. The van der Waals surface area contributed by atoms with Gasteiger partial charge in [0.2, 0.25) is 5.91 Å². The van der Waals surface area contributed by atoms with Crippen LogP contribution in [0.1, 0.15) is 37.3 Å². The van der Waals surface area contributed by atoms with Crippen LogP contribution in [0.3, 0.4) is 0 Å². The lowest BCUT2D eigenvalue weighted by Crippen LogP contribution is -2.50. The maximum absolute atomic E-state index is 12.7. The smallest absolute Gasteiger partial charge is 0.326 e. The normalized spacial score (nSPS) is 21.7. The molecule has 0 saturated carbocycles. The van der Waals surface area contributed by atoms with Crippen molar-refractivity contribution < 1.29 is 19.4 Å². The Labute approximate surface area is 130 Å². The number of carboxylic acid groups (broad SMARTS) is 1. The second-order valence-electron chi connectivity index (χ2n) is 5.99. The van der Waals surface area contributed by atoms with Crippen LogP contribution in [0.25, 0.3) is 0 Å². The van der Waals surface area contributed by atoms with Gasteiger partial charge in [-0.25, -0.2) is 4.79 Å². The molecular formula is C17H23NO4. The number of carbonyl (C=O) groups is 2. The summed E-state index contributed by atoms with van der Waals surface area (Å²) in [6.07, 6.45) is 2.88. The molecule has 1 aromatic rings. The molecule has 0 heterocycles. The summed E-state index contributed by atoms with van der Waals surface area (Å²) in [6, 6.07) is 6.99. The Morgan fingerprint density at radius 3 is 2.82 bits per heavy atom. The SMILES string of the molecule is COCCC(NC(=O)C1(C)CCCc2ccccc21)C(=O)O. The maximum Gasteiger partial charge on any atom is 0.326 e. The molecule has 0 fully saturated rings. The molecule has 2 rings (SSSR count). The van der Waals surface area contributed by atoms with Crippen LogP contribution < -0.4 is 5.32 Å². The van der Waals surface area contributed by atoms with Crippen LogP contribution in [-0.2, 0) is 26.2 Å². The number of fused-ring (bicyclic) bond motifs is 1. The molecule has 0 bridgehead atoms. The van der Waals surface area contributed by atoms with E-state index in [1.807, 2.05) is 31.2 Å². The van der Waals surface area contributed by atoms with E-state index in [0.29, 0.717) is 6.61 Å². The van der Waals surface area contributed by atoms with Gasteiger partial charge in [-0.05, 0) is 37.3 Å². The molecule has 0 saturated heterocycles. The number of methoxy groups -OCH3 is 1. The van der Waals surface area contributed by atoms with Crippen LogP contribution in [0.5, 0.6) is 0 Å². The van der Waals surface area contributed by atoms with Gasteiger partial charge in [0, 0.05) is 20.1 Å². The van der Waals surface area contributed by atoms with Gasteiger partial charge in [-0.1, -0.05) is 24.3 Å². The Hall–Kier alpha value is -1.88. The number of nitrogens with one attached hydrogen (secondary N) is 1. The van der Waals surface area contributed by atoms with Gasteiger partial charge in [0.15, 0.2) is 0 Å². The molecule has 0 aliphatic heterocycles. The van der Waals surface area contributed by atoms with Gasteiger partial charge in [-0.15, -0.1) is 0 Å². The molecule has 1 aromatic carbocycles. The molecule has 120 valence electrons. The topological polar surface area (TPSA) is 75.6 Å². The minimum absolute atomic E-state index is 0.219. The van der Waals surface area contributed by atoms with E-state index in [4.69, 9.17) is 4.74 Å². The third kappa shape index (κ3) is 3.30. The highest BCUT2D eigenvalue weighted by Gasteiger charge is 2.40. The Morgan fingerprint density at radius 1 is 1.41 bits per heavy atom. The summed E-state index contributed by atoms with van der Waals surface area (Å²) in [5.41, 5.74) is 1.51. The first kappa shape index (κ1) is 16.5. The zero-order chi connectivity index (χ0) is 16.2. The minimum atomic E-state index is -1.03. The summed E-state index contributed by atoms with van der Waals surface area (Å²) in [7, 11) is 1.51. The lowest BCUT2D eigenvalue weighted by molar-refractivity contribution is -0.143. The largest absolute Gasteiger partial charge is 0.480 e. The van der Waals surface area contributed by atoms with Crippen LogP contribution in [-0.4, -0.2) is 36.7 Å². The molecule has 1 aliphatic rings. The van der Waals surface area contributed by atoms with E-state index >= 15 is 0 Å². The van der Waals surface area contributed by atoms with E-state index in [2.05, 4.69) is 5.32 Å². The van der Waals surface area contributed by atoms with Crippen molar-refractivity contribution >= 4 is 11.9 Å². The third-order valence-corrected chi connectivity index (χ3v) is 4.45. The summed E-state index contributed by atoms with van der Waals surface area (Å²) in [5, 5.41) is 11.9. The predicted molar refractivity (Wildman–Crippen MR) is 82.8 cm³/mol. The Kier molecular flexibility index (Phi) is 5.19. The van der Waals surface area contributed by atoms with E-state index in [1.165, 1.54) is 12.7 Å². The van der Waals surface area contributed by atoms with Crippen LogP contribution in [0.2, 0.25) is 0 Å². The van der Waals surface area contributed by atoms with Gasteiger partial charge < -0.3 is 15.2 Å². The van der Waals surface area contributed by atoms with Gasteiger partial charge in [0.1, 0.15) is 6.04 Å². The Bertz CT molecular complexity index is 557. The van der Waals surface area contributed by atoms with Crippen molar-refractivity contribution in [3.05, 3.63) is 35.4 Å². The van der Waals surface area contributed by atoms with Crippen LogP contribution >= 0.6 is 0 Å². The number of aryl methyl sites for hydroxylation is 1. The lowest BCUT2D eigenvalue weighted by Gasteiger charge is -2.35. The van der Waals surface area contributed by atoms with Crippen LogP contribution in [0, 0.1) is 0 Å². The highest BCUT2D eigenvalue weighted by molar-refractivity contribution is 5.91. The summed E-state index contributed by atoms with van der Waals surface area (Å²) in [6.45, 7) is 2.19. The number of amides is 1. The number of carbonyl (C=O) groups excluding carboxylic acids is 1. The first-order valence-electron chi connectivity index (χ1n) is 7.60. The highest BCUT2D eigenvalue weighted by atomic mass is 16.5. The summed E-state index contributed by atoms with van der Waals surface area (Å²) < 4.78 is 4.92. The number of hydrogen-bond donors (Lipinski definition) is 2. The zero-order valence-electron chi connectivity index (χ0n) is 13.1. The molecular weight excluding hydrogens is 282 g/mol. The number of rotatable bonds is 6. The van der Waals surface area contributed by atoms with Gasteiger partial charge >= 0.3 is 5.97 Å². The van der Waals surface area contributed by atoms with E-state index in [9.17, 15) is 14.7 Å². The zero-order valence-corrected chi connectivity index (χ0v) is 13.1. The third-order valence-electron chi connectivity index (χ3n) is 4.45. The van der Waals surface area contributed by atoms with Gasteiger partial charge in [0.25, 0.3) is 0 Å². The van der Waals surface area contributed by atoms with Crippen molar-refractivity contribution in [2.24, 2.45) is 0 Å². The molecule has 1 amide bonds. The first-order chi connectivity index (χ1) is 10.5. The summed E-state index contributed by atoms with van der Waals surface area (Å²) >= 11 is 0. The molecule has 2 unspecified atom stereocenters.